The summed E-state index contributed by atoms with van der Waals surface area (Å²) in [6.45, 7) is 2.17. The second kappa shape index (κ2) is 7.17. The Hall–Kier alpha value is -0.950. The minimum absolute atomic E-state index is 0.131. The van der Waals surface area contributed by atoms with E-state index in [0.717, 1.165) is 18.2 Å². The van der Waals surface area contributed by atoms with Gasteiger partial charge in [0.2, 0.25) is 0 Å². The first-order valence-electron chi connectivity index (χ1n) is 6.34. The molecule has 1 unspecified atom stereocenters. The van der Waals surface area contributed by atoms with Crippen molar-refractivity contribution >= 4 is 17.6 Å². The Morgan fingerprint density at radius 2 is 2.05 bits per heavy atom. The van der Waals surface area contributed by atoms with E-state index < -0.39 is 11.9 Å². The summed E-state index contributed by atoms with van der Waals surface area (Å²) in [6, 6.07) is 2.52. The predicted octanol–water partition coefficient (Wildman–Crippen LogP) is 3.14. The first-order valence-corrected chi connectivity index (χ1v) is 7.73. The first-order chi connectivity index (χ1) is 9.35. The minimum atomic E-state index is -4.44. The van der Waals surface area contributed by atoms with E-state index in [2.05, 4.69) is 4.98 Å². The van der Waals surface area contributed by atoms with Crippen LogP contribution in [0.4, 0.5) is 19.0 Å². The summed E-state index contributed by atoms with van der Waals surface area (Å²) >= 11 is 1.66. The van der Waals surface area contributed by atoms with Gasteiger partial charge in [-0.1, -0.05) is 13.0 Å². The summed E-state index contributed by atoms with van der Waals surface area (Å²) in [5, 5.41) is 0. The van der Waals surface area contributed by atoms with Gasteiger partial charge in [0, 0.05) is 31.0 Å². The summed E-state index contributed by atoms with van der Waals surface area (Å²) in [7, 11) is 1.77. The number of aromatic nitrogens is 1. The number of alkyl halides is 3. The van der Waals surface area contributed by atoms with Gasteiger partial charge < -0.3 is 10.6 Å². The summed E-state index contributed by atoms with van der Waals surface area (Å²) in [5.74, 6) is 1.15. The lowest BCUT2D eigenvalue weighted by Gasteiger charge is -2.29. The normalized spacial score (nSPS) is 13.3. The molecule has 1 heterocycles. The molecule has 0 aliphatic rings. The Labute approximate surface area is 121 Å². The van der Waals surface area contributed by atoms with E-state index >= 15 is 0 Å². The predicted molar refractivity (Wildman–Crippen MR) is 78.0 cm³/mol. The quantitative estimate of drug-likeness (QED) is 0.877. The molecule has 0 aliphatic carbocycles. The van der Waals surface area contributed by atoms with Crippen molar-refractivity contribution in [2.24, 2.45) is 5.73 Å². The van der Waals surface area contributed by atoms with Gasteiger partial charge in [0.05, 0.1) is 0 Å². The average Bonchev–Trinajstić information content (AvgIpc) is 2.42. The molecule has 2 N–H and O–H groups in total. The van der Waals surface area contributed by atoms with Crippen molar-refractivity contribution in [2.75, 3.05) is 24.0 Å². The molecule has 20 heavy (non-hydrogen) atoms. The van der Waals surface area contributed by atoms with Crippen LogP contribution in [0.2, 0.25) is 0 Å². The second-order valence-corrected chi connectivity index (χ2v) is 5.42. The SMILES string of the molecule is CCC(CSC)N(C)c1nc(C(F)(F)F)ccc1CN. The van der Waals surface area contributed by atoms with E-state index in [4.69, 9.17) is 5.73 Å². The van der Waals surface area contributed by atoms with Gasteiger partial charge >= 0.3 is 6.18 Å². The molecule has 1 atom stereocenters. The number of thioether (sulfide) groups is 1. The molecule has 0 fully saturated rings. The smallest absolute Gasteiger partial charge is 0.356 e. The van der Waals surface area contributed by atoms with Crippen LogP contribution in [0, 0.1) is 0 Å². The van der Waals surface area contributed by atoms with Gasteiger partial charge in [0.1, 0.15) is 11.5 Å². The molecule has 0 aromatic carbocycles. The topological polar surface area (TPSA) is 42.2 Å². The zero-order chi connectivity index (χ0) is 15.3. The summed E-state index contributed by atoms with van der Waals surface area (Å²) in [4.78, 5) is 5.58. The van der Waals surface area contributed by atoms with Crippen molar-refractivity contribution in [1.82, 2.24) is 4.98 Å². The van der Waals surface area contributed by atoms with E-state index in [1.54, 1.807) is 23.7 Å². The van der Waals surface area contributed by atoms with Crippen LogP contribution in [0.1, 0.15) is 24.6 Å². The number of hydrogen-bond donors (Lipinski definition) is 1. The van der Waals surface area contributed by atoms with Gasteiger partial charge in [0.15, 0.2) is 0 Å². The summed E-state index contributed by atoms with van der Waals surface area (Å²) in [6.07, 6.45) is -1.64. The minimum Gasteiger partial charge on any atom is -0.356 e. The van der Waals surface area contributed by atoms with Crippen molar-refractivity contribution in [3.8, 4) is 0 Å². The molecule has 3 nitrogen and oxygen atoms in total. The monoisotopic (exact) mass is 307 g/mol. The summed E-state index contributed by atoms with van der Waals surface area (Å²) in [5.41, 5.74) is 5.36. The zero-order valence-electron chi connectivity index (χ0n) is 11.9. The number of anilines is 1. The van der Waals surface area contributed by atoms with Gasteiger partial charge in [-0.2, -0.15) is 24.9 Å². The van der Waals surface area contributed by atoms with E-state index in [0.29, 0.717) is 11.4 Å². The van der Waals surface area contributed by atoms with Crippen molar-refractivity contribution < 1.29 is 13.2 Å². The molecule has 7 heteroatoms. The third-order valence-corrected chi connectivity index (χ3v) is 3.90. The molecule has 0 bridgehead atoms. The largest absolute Gasteiger partial charge is 0.433 e. The lowest BCUT2D eigenvalue weighted by Crippen LogP contribution is -2.35. The highest BCUT2D eigenvalue weighted by atomic mass is 32.2. The molecule has 1 aromatic heterocycles. The number of pyridine rings is 1. The molecule has 0 saturated heterocycles. The molecular formula is C13H20F3N3S. The number of nitrogens with zero attached hydrogens (tertiary/aromatic N) is 2. The first kappa shape index (κ1) is 17.1. The number of nitrogens with two attached hydrogens (primary N) is 1. The lowest BCUT2D eigenvalue weighted by atomic mass is 10.1. The van der Waals surface area contributed by atoms with Gasteiger partial charge in [-0.05, 0) is 18.7 Å². The van der Waals surface area contributed by atoms with Crippen LogP contribution in [0.25, 0.3) is 0 Å². The van der Waals surface area contributed by atoms with Gasteiger partial charge in [0.25, 0.3) is 0 Å². The van der Waals surface area contributed by atoms with Gasteiger partial charge in [-0.15, -0.1) is 0 Å². The standard InChI is InChI=1S/C13H20F3N3S/c1-4-10(8-20-3)19(2)12-9(7-17)5-6-11(18-12)13(14,15)16/h5-6,10H,4,7-8,17H2,1-3H3. The maximum Gasteiger partial charge on any atom is 0.433 e. The molecular weight excluding hydrogens is 287 g/mol. The summed E-state index contributed by atoms with van der Waals surface area (Å²) < 4.78 is 38.3. The van der Waals surface area contributed by atoms with Gasteiger partial charge in [-0.3, -0.25) is 0 Å². The van der Waals surface area contributed by atoms with E-state index in [1.807, 2.05) is 13.2 Å². The zero-order valence-corrected chi connectivity index (χ0v) is 12.7. The molecule has 1 aromatic rings. The van der Waals surface area contributed by atoms with Gasteiger partial charge in [-0.25, -0.2) is 4.98 Å². The highest BCUT2D eigenvalue weighted by Crippen LogP contribution is 2.31. The fourth-order valence-electron chi connectivity index (χ4n) is 1.97. The van der Waals surface area contributed by atoms with Crippen molar-refractivity contribution in [1.29, 1.82) is 0 Å². The van der Waals surface area contributed by atoms with Crippen LogP contribution < -0.4 is 10.6 Å². The number of halogens is 3. The van der Waals surface area contributed by atoms with Crippen LogP contribution in [0.15, 0.2) is 12.1 Å². The second-order valence-electron chi connectivity index (χ2n) is 4.51. The van der Waals surface area contributed by atoms with Crippen molar-refractivity contribution in [3.63, 3.8) is 0 Å². The van der Waals surface area contributed by atoms with Crippen LogP contribution in [0.5, 0.6) is 0 Å². The molecule has 0 amide bonds. The Balaban J connectivity index is 3.19. The number of hydrogen-bond acceptors (Lipinski definition) is 4. The molecule has 1 rings (SSSR count). The van der Waals surface area contributed by atoms with Crippen molar-refractivity contribution in [3.05, 3.63) is 23.4 Å². The molecule has 0 spiro atoms. The van der Waals surface area contributed by atoms with E-state index in [-0.39, 0.29) is 12.6 Å². The Morgan fingerprint density at radius 3 is 2.50 bits per heavy atom. The molecule has 0 saturated carbocycles. The fraction of sp³-hybridized carbons (Fsp3) is 0.615. The Bertz CT molecular complexity index is 437. The Morgan fingerprint density at radius 1 is 1.40 bits per heavy atom. The highest BCUT2D eigenvalue weighted by Gasteiger charge is 2.33. The molecule has 0 aliphatic heterocycles. The molecule has 0 radical (unpaired) electrons. The lowest BCUT2D eigenvalue weighted by molar-refractivity contribution is -0.141. The fourth-order valence-corrected chi connectivity index (χ4v) is 2.81. The van der Waals surface area contributed by atoms with Crippen LogP contribution in [0.3, 0.4) is 0 Å². The van der Waals surface area contributed by atoms with E-state index in [9.17, 15) is 13.2 Å². The number of rotatable bonds is 6. The van der Waals surface area contributed by atoms with E-state index in [1.165, 1.54) is 6.07 Å². The average molecular weight is 307 g/mol. The highest BCUT2D eigenvalue weighted by molar-refractivity contribution is 7.98. The Kier molecular flexibility index (Phi) is 6.13. The molecule has 114 valence electrons. The third kappa shape index (κ3) is 4.02. The van der Waals surface area contributed by atoms with Crippen molar-refractivity contribution in [2.45, 2.75) is 32.1 Å². The maximum atomic E-state index is 12.8. The third-order valence-electron chi connectivity index (χ3n) is 3.18. The van der Waals surface area contributed by atoms with Crippen LogP contribution in [-0.4, -0.2) is 30.1 Å². The maximum absolute atomic E-state index is 12.8. The van der Waals surface area contributed by atoms with Crippen LogP contribution in [-0.2, 0) is 12.7 Å². The van der Waals surface area contributed by atoms with Crippen LogP contribution >= 0.6 is 11.8 Å².